The molecule has 138 valence electrons. The number of para-hydroxylation sites is 1. The average molecular weight is 372 g/mol. The lowest BCUT2D eigenvalue weighted by atomic mass is 10.1. The number of nitrogens with zero attached hydrogens (tertiary/aromatic N) is 2. The number of amides is 2. The maximum absolute atomic E-state index is 13.0. The topological polar surface area (TPSA) is 66.9 Å². The zero-order valence-electron chi connectivity index (χ0n) is 14.0. The van der Waals surface area contributed by atoms with Crippen molar-refractivity contribution in [3.8, 4) is 11.3 Å². The third kappa shape index (κ3) is 4.81. The molecule has 0 aliphatic heterocycles. The summed E-state index contributed by atoms with van der Waals surface area (Å²) in [6, 6.07) is 11.2. The molecule has 0 unspecified atom stereocenters. The molecule has 0 spiro atoms. The first-order valence-corrected chi connectivity index (χ1v) is 8.00. The highest BCUT2D eigenvalue weighted by Crippen LogP contribution is 2.34. The summed E-state index contributed by atoms with van der Waals surface area (Å²) in [5.74, 6) is 0. The van der Waals surface area contributed by atoms with E-state index in [1.807, 2.05) is 0 Å². The van der Waals surface area contributed by atoms with Crippen LogP contribution in [0.3, 0.4) is 0 Å². The Kier molecular flexibility index (Phi) is 5.35. The number of carbonyl (C=O) groups is 1. The van der Waals surface area contributed by atoms with Gasteiger partial charge in [-0.25, -0.2) is 4.79 Å². The molecule has 0 fully saturated rings. The lowest BCUT2D eigenvalue weighted by Gasteiger charge is -2.14. The van der Waals surface area contributed by atoms with Crippen LogP contribution in [0.1, 0.15) is 11.1 Å². The Morgan fingerprint density at radius 1 is 1.00 bits per heavy atom. The summed E-state index contributed by atoms with van der Waals surface area (Å²) >= 11 is 0. The van der Waals surface area contributed by atoms with E-state index in [1.165, 1.54) is 18.2 Å². The molecule has 2 N–H and O–H groups in total. The summed E-state index contributed by atoms with van der Waals surface area (Å²) in [7, 11) is 0. The second kappa shape index (κ2) is 7.86. The van der Waals surface area contributed by atoms with Crippen LogP contribution in [0, 0.1) is 0 Å². The first-order chi connectivity index (χ1) is 12.9. The first-order valence-electron chi connectivity index (χ1n) is 8.00. The van der Waals surface area contributed by atoms with Crippen molar-refractivity contribution >= 4 is 11.7 Å². The van der Waals surface area contributed by atoms with E-state index in [9.17, 15) is 18.0 Å². The minimum atomic E-state index is -4.55. The minimum Gasteiger partial charge on any atom is -0.334 e. The summed E-state index contributed by atoms with van der Waals surface area (Å²) < 4.78 is 38.9. The fraction of sp³-hybridized carbons (Fsp3) is 0.105. The monoisotopic (exact) mass is 372 g/mol. The quantitative estimate of drug-likeness (QED) is 0.709. The maximum atomic E-state index is 13.0. The molecule has 3 aromatic rings. The van der Waals surface area contributed by atoms with Gasteiger partial charge in [0.15, 0.2) is 0 Å². The predicted molar refractivity (Wildman–Crippen MR) is 94.8 cm³/mol. The number of pyridine rings is 2. The van der Waals surface area contributed by atoms with Crippen molar-refractivity contribution in [2.45, 2.75) is 12.7 Å². The van der Waals surface area contributed by atoms with E-state index in [4.69, 9.17) is 0 Å². The number of carbonyl (C=O) groups excluding carboxylic acids is 1. The van der Waals surface area contributed by atoms with Gasteiger partial charge in [0.25, 0.3) is 0 Å². The number of urea groups is 1. The highest BCUT2D eigenvalue weighted by atomic mass is 19.4. The van der Waals surface area contributed by atoms with Gasteiger partial charge in [-0.1, -0.05) is 12.1 Å². The molecule has 0 saturated carbocycles. The van der Waals surface area contributed by atoms with E-state index in [0.29, 0.717) is 5.69 Å². The number of halogens is 3. The Balaban J connectivity index is 1.66. The lowest BCUT2D eigenvalue weighted by molar-refractivity contribution is -0.136. The Labute approximate surface area is 153 Å². The first kappa shape index (κ1) is 18.4. The summed E-state index contributed by atoms with van der Waals surface area (Å²) in [5.41, 5.74) is 1.14. The van der Waals surface area contributed by atoms with Crippen LogP contribution in [0.5, 0.6) is 0 Å². The molecule has 8 heteroatoms. The Morgan fingerprint density at radius 3 is 2.48 bits per heavy atom. The van der Waals surface area contributed by atoms with E-state index >= 15 is 0 Å². The molecule has 2 heterocycles. The summed E-state index contributed by atoms with van der Waals surface area (Å²) in [6.45, 7) is 0.140. The number of hydrogen-bond acceptors (Lipinski definition) is 3. The molecule has 1 aromatic carbocycles. The van der Waals surface area contributed by atoms with E-state index in [-0.39, 0.29) is 12.2 Å². The standard InChI is InChI=1S/C19H15F3N4O/c20-19(21,22)15-3-1-2-4-16(15)26-18(27)25-12-13-5-10-24-17(11-13)14-6-8-23-9-7-14/h1-11H,12H2,(H2,25,26,27). The van der Waals surface area contributed by atoms with Crippen molar-refractivity contribution in [2.75, 3.05) is 5.32 Å². The number of rotatable bonds is 4. The Bertz CT molecular complexity index is 929. The normalized spacial score (nSPS) is 11.1. The van der Waals surface area contributed by atoms with Crippen LogP contribution in [-0.2, 0) is 12.7 Å². The van der Waals surface area contributed by atoms with Crippen LogP contribution < -0.4 is 10.6 Å². The van der Waals surface area contributed by atoms with E-state index in [1.54, 1.807) is 42.9 Å². The molecule has 2 aromatic heterocycles. The fourth-order valence-electron chi connectivity index (χ4n) is 2.45. The third-order valence-electron chi connectivity index (χ3n) is 3.73. The summed E-state index contributed by atoms with van der Waals surface area (Å²) in [6.07, 6.45) is 0.346. The van der Waals surface area contributed by atoms with Crippen molar-refractivity contribution in [2.24, 2.45) is 0 Å². The van der Waals surface area contributed by atoms with Gasteiger partial charge < -0.3 is 10.6 Å². The molecule has 0 bridgehead atoms. The van der Waals surface area contributed by atoms with Crippen molar-refractivity contribution in [1.82, 2.24) is 15.3 Å². The van der Waals surface area contributed by atoms with Gasteiger partial charge in [0.05, 0.1) is 16.9 Å². The molecule has 0 radical (unpaired) electrons. The number of alkyl halides is 3. The fourth-order valence-corrected chi connectivity index (χ4v) is 2.45. The zero-order valence-corrected chi connectivity index (χ0v) is 14.0. The SMILES string of the molecule is O=C(NCc1ccnc(-c2ccncc2)c1)Nc1ccccc1C(F)(F)F. The number of anilines is 1. The Hall–Kier alpha value is -3.42. The minimum absolute atomic E-state index is 0.140. The molecule has 0 atom stereocenters. The predicted octanol–water partition coefficient (Wildman–Crippen LogP) is 4.48. The molecular weight excluding hydrogens is 357 g/mol. The van der Waals surface area contributed by atoms with E-state index in [0.717, 1.165) is 17.2 Å². The number of hydrogen-bond donors (Lipinski definition) is 2. The number of aromatic nitrogens is 2. The molecule has 5 nitrogen and oxygen atoms in total. The van der Waals surface area contributed by atoms with Gasteiger partial charge in [-0.15, -0.1) is 0 Å². The van der Waals surface area contributed by atoms with Gasteiger partial charge in [0.1, 0.15) is 0 Å². The van der Waals surface area contributed by atoms with Gasteiger partial charge in [0.2, 0.25) is 0 Å². The van der Waals surface area contributed by atoms with Crippen LogP contribution in [0.2, 0.25) is 0 Å². The molecular formula is C19H15F3N4O. The summed E-state index contributed by atoms with van der Waals surface area (Å²) in [4.78, 5) is 20.2. The van der Waals surface area contributed by atoms with Crippen molar-refractivity contribution in [3.05, 3.63) is 78.2 Å². The molecule has 3 rings (SSSR count). The van der Waals surface area contributed by atoms with Crippen molar-refractivity contribution in [1.29, 1.82) is 0 Å². The molecule has 0 aliphatic carbocycles. The van der Waals surface area contributed by atoms with E-state index in [2.05, 4.69) is 20.6 Å². The second-order valence-corrected chi connectivity index (χ2v) is 5.64. The van der Waals surface area contributed by atoms with Crippen LogP contribution in [0.25, 0.3) is 11.3 Å². The molecule has 0 saturated heterocycles. The smallest absolute Gasteiger partial charge is 0.334 e. The van der Waals surface area contributed by atoms with Gasteiger partial charge in [-0.05, 0) is 42.0 Å². The maximum Gasteiger partial charge on any atom is 0.418 e. The van der Waals surface area contributed by atoms with E-state index < -0.39 is 17.8 Å². The molecule has 27 heavy (non-hydrogen) atoms. The lowest BCUT2D eigenvalue weighted by Crippen LogP contribution is -2.29. The molecule has 0 aliphatic rings. The number of benzene rings is 1. The van der Waals surface area contributed by atoms with Gasteiger partial charge in [-0.2, -0.15) is 13.2 Å². The zero-order chi connectivity index (χ0) is 19.3. The van der Waals surface area contributed by atoms with Gasteiger partial charge in [-0.3, -0.25) is 9.97 Å². The van der Waals surface area contributed by atoms with Crippen LogP contribution in [0.15, 0.2) is 67.1 Å². The number of nitrogens with one attached hydrogen (secondary N) is 2. The average Bonchev–Trinajstić information content (AvgIpc) is 2.67. The largest absolute Gasteiger partial charge is 0.418 e. The van der Waals surface area contributed by atoms with Crippen LogP contribution in [0.4, 0.5) is 23.7 Å². The second-order valence-electron chi connectivity index (χ2n) is 5.64. The summed E-state index contributed by atoms with van der Waals surface area (Å²) in [5, 5.41) is 4.79. The van der Waals surface area contributed by atoms with Gasteiger partial charge >= 0.3 is 12.2 Å². The molecule has 2 amide bonds. The third-order valence-corrected chi connectivity index (χ3v) is 3.73. The van der Waals surface area contributed by atoms with Crippen LogP contribution in [-0.4, -0.2) is 16.0 Å². The van der Waals surface area contributed by atoms with Crippen LogP contribution >= 0.6 is 0 Å². The highest BCUT2D eigenvalue weighted by Gasteiger charge is 2.33. The highest BCUT2D eigenvalue weighted by molar-refractivity contribution is 5.90. The van der Waals surface area contributed by atoms with Crippen molar-refractivity contribution < 1.29 is 18.0 Å². The van der Waals surface area contributed by atoms with Gasteiger partial charge in [0, 0.05) is 30.7 Å². The Morgan fingerprint density at radius 2 is 1.74 bits per heavy atom. The van der Waals surface area contributed by atoms with Crippen molar-refractivity contribution in [3.63, 3.8) is 0 Å².